The Morgan fingerprint density at radius 1 is 1.05 bits per heavy atom. The summed E-state index contributed by atoms with van der Waals surface area (Å²) in [6.45, 7) is 4.20. The number of aliphatic hydroxyl groups excluding tert-OH is 1. The predicted octanol–water partition coefficient (Wildman–Crippen LogP) is 5.74. The molecule has 0 saturated heterocycles. The zero-order valence-electron chi connectivity index (χ0n) is 25.2. The van der Waals surface area contributed by atoms with E-state index >= 15 is 0 Å². The highest BCUT2D eigenvalue weighted by molar-refractivity contribution is 6.02. The van der Waals surface area contributed by atoms with E-state index in [9.17, 15) is 19.5 Å². The van der Waals surface area contributed by atoms with Crippen molar-refractivity contribution in [1.29, 1.82) is 0 Å². The third-order valence-electron chi connectivity index (χ3n) is 8.74. The first-order valence-electron chi connectivity index (χ1n) is 15.3. The van der Waals surface area contributed by atoms with Crippen molar-refractivity contribution in [3.05, 3.63) is 66.2 Å². The summed E-state index contributed by atoms with van der Waals surface area (Å²) in [5, 5.41) is 18.0. The zero-order chi connectivity index (χ0) is 30.5. The number of hydrogen-bond acceptors (Lipinski definition) is 5. The van der Waals surface area contributed by atoms with Gasteiger partial charge in [0.05, 0.1) is 30.4 Å². The number of rotatable bonds is 7. The molecular formula is C34H42N4O5. The van der Waals surface area contributed by atoms with Gasteiger partial charge in [0.1, 0.15) is 11.9 Å². The van der Waals surface area contributed by atoms with Gasteiger partial charge in [-0.3, -0.25) is 9.59 Å². The SMILES string of the molecule is C[C@@H]1CN([C@@H](C)CO)C(=O)c2cc(NC(=O)C3CCCCC3)ccc2O[C@@H]1CN(C)C(=O)Nc1cccc2ccccc12. The van der Waals surface area contributed by atoms with Gasteiger partial charge in [-0.15, -0.1) is 0 Å². The van der Waals surface area contributed by atoms with E-state index in [1.165, 1.54) is 0 Å². The van der Waals surface area contributed by atoms with Gasteiger partial charge in [0, 0.05) is 36.5 Å². The number of likely N-dealkylation sites (N-methyl/N-ethyl adjacent to an activating group) is 1. The van der Waals surface area contributed by atoms with Crippen molar-refractivity contribution in [2.24, 2.45) is 11.8 Å². The number of hydrogen-bond donors (Lipinski definition) is 3. The Hall–Kier alpha value is -4.11. The van der Waals surface area contributed by atoms with Crippen molar-refractivity contribution in [1.82, 2.24) is 9.80 Å². The van der Waals surface area contributed by atoms with Crippen LogP contribution < -0.4 is 15.4 Å². The number of carbonyl (C=O) groups is 3. The number of aliphatic hydroxyl groups is 1. The number of anilines is 2. The monoisotopic (exact) mass is 586 g/mol. The number of carbonyl (C=O) groups excluding carboxylic acids is 3. The van der Waals surface area contributed by atoms with Crippen molar-refractivity contribution in [2.75, 3.05) is 37.4 Å². The van der Waals surface area contributed by atoms with E-state index < -0.39 is 12.1 Å². The van der Waals surface area contributed by atoms with Gasteiger partial charge in [0.25, 0.3) is 5.91 Å². The van der Waals surface area contributed by atoms with Crippen molar-refractivity contribution < 1.29 is 24.2 Å². The molecule has 3 aromatic rings. The van der Waals surface area contributed by atoms with Crippen LogP contribution in [0.3, 0.4) is 0 Å². The molecule has 0 bridgehead atoms. The molecule has 0 radical (unpaired) electrons. The van der Waals surface area contributed by atoms with Crippen LogP contribution in [0.1, 0.15) is 56.3 Å². The highest BCUT2D eigenvalue weighted by Gasteiger charge is 2.34. The Morgan fingerprint density at radius 2 is 1.79 bits per heavy atom. The number of benzene rings is 3. The fraction of sp³-hybridized carbons (Fsp3) is 0.441. The summed E-state index contributed by atoms with van der Waals surface area (Å²) < 4.78 is 6.45. The van der Waals surface area contributed by atoms with E-state index in [1.54, 1.807) is 42.0 Å². The van der Waals surface area contributed by atoms with Crippen LogP contribution in [0, 0.1) is 11.8 Å². The van der Waals surface area contributed by atoms with Gasteiger partial charge in [-0.1, -0.05) is 62.6 Å². The molecule has 0 unspecified atom stereocenters. The van der Waals surface area contributed by atoms with Crippen molar-refractivity contribution in [2.45, 2.75) is 58.1 Å². The quantitative estimate of drug-likeness (QED) is 0.327. The average Bonchev–Trinajstić information content (AvgIpc) is 3.03. The van der Waals surface area contributed by atoms with E-state index in [4.69, 9.17) is 4.74 Å². The van der Waals surface area contributed by atoms with Gasteiger partial charge < -0.3 is 30.3 Å². The molecule has 1 aliphatic heterocycles. The van der Waals surface area contributed by atoms with E-state index in [0.29, 0.717) is 23.5 Å². The Morgan fingerprint density at radius 3 is 2.56 bits per heavy atom. The number of nitrogens with one attached hydrogen (secondary N) is 2. The fourth-order valence-electron chi connectivity index (χ4n) is 6.03. The van der Waals surface area contributed by atoms with Crippen LogP contribution in [0.15, 0.2) is 60.7 Å². The van der Waals surface area contributed by atoms with Gasteiger partial charge in [0.15, 0.2) is 0 Å². The lowest BCUT2D eigenvalue weighted by Crippen LogP contribution is -2.50. The molecule has 228 valence electrons. The number of ether oxygens (including phenoxy) is 1. The van der Waals surface area contributed by atoms with Crippen molar-refractivity contribution in [3.63, 3.8) is 0 Å². The normalized spacial score (nSPS) is 19.9. The van der Waals surface area contributed by atoms with Crippen LogP contribution in [-0.4, -0.2) is 71.6 Å². The molecule has 9 heteroatoms. The Kier molecular flexibility index (Phi) is 9.50. The second kappa shape index (κ2) is 13.5. The standard InChI is InChI=1S/C34H42N4O5/c1-22-19-38(23(2)21-39)33(41)28-18-26(35-32(40)25-11-5-4-6-12-25)16-17-30(28)43-31(22)20-37(3)34(42)36-29-15-9-13-24-10-7-8-14-27(24)29/h7-10,13-18,22-23,25,31,39H,4-6,11-12,19-21H2,1-3H3,(H,35,40)(H,36,42)/t22-,23+,31-/m1/s1. The summed E-state index contributed by atoms with van der Waals surface area (Å²) in [5.74, 6) is -0.0725. The average molecular weight is 587 g/mol. The number of fused-ring (bicyclic) bond motifs is 2. The van der Waals surface area contributed by atoms with E-state index in [2.05, 4.69) is 10.6 Å². The summed E-state index contributed by atoms with van der Waals surface area (Å²) in [7, 11) is 1.72. The molecular weight excluding hydrogens is 544 g/mol. The molecule has 1 saturated carbocycles. The minimum Gasteiger partial charge on any atom is -0.487 e. The lowest BCUT2D eigenvalue weighted by Gasteiger charge is -2.38. The first-order valence-corrected chi connectivity index (χ1v) is 15.3. The summed E-state index contributed by atoms with van der Waals surface area (Å²) in [6.07, 6.45) is 4.58. The van der Waals surface area contributed by atoms with Crippen LogP contribution in [0.5, 0.6) is 5.75 Å². The molecule has 0 spiro atoms. The zero-order valence-corrected chi connectivity index (χ0v) is 25.2. The third kappa shape index (κ3) is 6.94. The van der Waals surface area contributed by atoms with Crippen LogP contribution >= 0.6 is 0 Å². The molecule has 5 rings (SSSR count). The number of urea groups is 1. The molecule has 43 heavy (non-hydrogen) atoms. The molecule has 3 N–H and O–H groups in total. The summed E-state index contributed by atoms with van der Waals surface area (Å²) in [6, 6.07) is 18.1. The molecule has 1 aliphatic carbocycles. The van der Waals surface area contributed by atoms with Gasteiger partial charge in [0.2, 0.25) is 5.91 Å². The highest BCUT2D eigenvalue weighted by Crippen LogP contribution is 2.32. The second-order valence-corrected chi connectivity index (χ2v) is 12.0. The van der Waals surface area contributed by atoms with Gasteiger partial charge in [-0.05, 0) is 49.4 Å². The van der Waals surface area contributed by atoms with Crippen LogP contribution in [-0.2, 0) is 4.79 Å². The fourth-order valence-corrected chi connectivity index (χ4v) is 6.03. The van der Waals surface area contributed by atoms with E-state index in [0.717, 1.165) is 48.6 Å². The van der Waals surface area contributed by atoms with E-state index in [1.807, 2.05) is 49.4 Å². The van der Waals surface area contributed by atoms with Crippen LogP contribution in [0.25, 0.3) is 10.8 Å². The first kappa shape index (κ1) is 30.4. The lowest BCUT2D eigenvalue weighted by molar-refractivity contribution is -0.120. The van der Waals surface area contributed by atoms with Crippen LogP contribution in [0.2, 0.25) is 0 Å². The molecule has 4 amide bonds. The molecule has 3 aromatic carbocycles. The second-order valence-electron chi connectivity index (χ2n) is 12.0. The molecule has 9 nitrogen and oxygen atoms in total. The van der Waals surface area contributed by atoms with E-state index in [-0.39, 0.29) is 42.8 Å². The Labute approximate surface area is 253 Å². The third-order valence-corrected chi connectivity index (χ3v) is 8.74. The van der Waals surface area contributed by atoms with Crippen molar-refractivity contribution >= 4 is 40.0 Å². The maximum Gasteiger partial charge on any atom is 0.321 e. The Bertz CT molecular complexity index is 1460. The van der Waals surface area contributed by atoms with Crippen molar-refractivity contribution in [3.8, 4) is 5.75 Å². The van der Waals surface area contributed by atoms with Crippen LogP contribution in [0.4, 0.5) is 16.2 Å². The smallest absolute Gasteiger partial charge is 0.321 e. The van der Waals surface area contributed by atoms with Gasteiger partial charge >= 0.3 is 6.03 Å². The predicted molar refractivity (Wildman–Crippen MR) is 168 cm³/mol. The Balaban J connectivity index is 1.36. The minimum absolute atomic E-state index is 0.0191. The van der Waals surface area contributed by atoms with Gasteiger partial charge in [-0.25, -0.2) is 4.79 Å². The largest absolute Gasteiger partial charge is 0.487 e. The lowest BCUT2D eigenvalue weighted by atomic mass is 9.88. The summed E-state index contributed by atoms with van der Waals surface area (Å²) in [4.78, 5) is 43.2. The highest BCUT2D eigenvalue weighted by atomic mass is 16.5. The first-order chi connectivity index (χ1) is 20.7. The molecule has 2 aliphatic rings. The number of nitrogens with zero attached hydrogens (tertiary/aromatic N) is 2. The maximum atomic E-state index is 13.8. The molecule has 1 heterocycles. The topological polar surface area (TPSA) is 111 Å². The minimum atomic E-state index is -0.439. The molecule has 0 aromatic heterocycles. The molecule has 1 fully saturated rings. The maximum absolute atomic E-state index is 13.8. The molecule has 3 atom stereocenters. The summed E-state index contributed by atoms with van der Waals surface area (Å²) >= 11 is 0. The number of amides is 4. The van der Waals surface area contributed by atoms with Gasteiger partial charge in [-0.2, -0.15) is 0 Å². The summed E-state index contributed by atoms with van der Waals surface area (Å²) in [5.41, 5.74) is 1.59.